The smallest absolute Gasteiger partial charge is 0.0931 e. The molecule has 0 bridgehead atoms. The standard InChI is InChI=1S/C13H21ClN2OS/c1-2-11-10-16(7-8-17-11)6-5-15-9-12-3-4-13(14)18-12/h3-4,11,15H,2,5-10H2,1H3. The van der Waals surface area contributed by atoms with E-state index in [4.69, 9.17) is 16.3 Å². The number of nitrogens with zero attached hydrogens (tertiary/aromatic N) is 1. The molecule has 2 heterocycles. The number of halogens is 1. The molecule has 3 nitrogen and oxygen atoms in total. The van der Waals surface area contributed by atoms with E-state index in [2.05, 4.69) is 23.2 Å². The van der Waals surface area contributed by atoms with E-state index in [0.29, 0.717) is 6.10 Å². The molecule has 0 spiro atoms. The van der Waals surface area contributed by atoms with Gasteiger partial charge in [0.15, 0.2) is 0 Å². The van der Waals surface area contributed by atoms with Crippen LogP contribution in [0.5, 0.6) is 0 Å². The van der Waals surface area contributed by atoms with Crippen molar-refractivity contribution >= 4 is 22.9 Å². The van der Waals surface area contributed by atoms with Crippen LogP contribution in [0.2, 0.25) is 4.34 Å². The van der Waals surface area contributed by atoms with Crippen LogP contribution in [0.1, 0.15) is 18.2 Å². The molecule has 5 heteroatoms. The third kappa shape index (κ3) is 4.52. The van der Waals surface area contributed by atoms with Gasteiger partial charge in [-0.25, -0.2) is 0 Å². The highest BCUT2D eigenvalue weighted by Crippen LogP contribution is 2.20. The van der Waals surface area contributed by atoms with E-state index in [9.17, 15) is 0 Å². The van der Waals surface area contributed by atoms with E-state index in [1.165, 1.54) is 4.88 Å². The van der Waals surface area contributed by atoms with Gasteiger partial charge in [0.2, 0.25) is 0 Å². The normalized spacial score (nSPS) is 21.3. The van der Waals surface area contributed by atoms with Crippen molar-refractivity contribution in [1.29, 1.82) is 0 Å². The van der Waals surface area contributed by atoms with Gasteiger partial charge >= 0.3 is 0 Å². The summed E-state index contributed by atoms with van der Waals surface area (Å²) in [4.78, 5) is 3.78. The lowest BCUT2D eigenvalue weighted by Gasteiger charge is -2.32. The third-order valence-electron chi connectivity index (χ3n) is 3.21. The molecule has 1 N–H and O–H groups in total. The van der Waals surface area contributed by atoms with Crippen molar-refractivity contribution in [3.8, 4) is 0 Å². The molecule has 0 aromatic carbocycles. The van der Waals surface area contributed by atoms with E-state index in [1.807, 2.05) is 6.07 Å². The van der Waals surface area contributed by atoms with Gasteiger partial charge in [0.05, 0.1) is 17.0 Å². The van der Waals surface area contributed by atoms with Crippen LogP contribution in [0, 0.1) is 0 Å². The lowest BCUT2D eigenvalue weighted by atomic mass is 10.2. The average molecular weight is 289 g/mol. The molecule has 1 aliphatic rings. The summed E-state index contributed by atoms with van der Waals surface area (Å²) in [5, 5.41) is 3.46. The molecule has 1 saturated heterocycles. The Bertz CT molecular complexity index is 359. The summed E-state index contributed by atoms with van der Waals surface area (Å²) in [7, 11) is 0. The van der Waals surface area contributed by atoms with Crippen molar-refractivity contribution < 1.29 is 4.74 Å². The summed E-state index contributed by atoms with van der Waals surface area (Å²) in [6, 6.07) is 4.04. The SMILES string of the molecule is CCC1CN(CCNCc2ccc(Cl)s2)CCO1. The zero-order valence-corrected chi connectivity index (χ0v) is 12.4. The van der Waals surface area contributed by atoms with Crippen LogP contribution in [0.25, 0.3) is 0 Å². The molecule has 2 rings (SSSR count). The minimum absolute atomic E-state index is 0.426. The molecule has 1 aliphatic heterocycles. The van der Waals surface area contributed by atoms with Crippen LogP contribution in [0.4, 0.5) is 0 Å². The Balaban J connectivity index is 1.60. The lowest BCUT2D eigenvalue weighted by molar-refractivity contribution is -0.0290. The van der Waals surface area contributed by atoms with E-state index in [-0.39, 0.29) is 0 Å². The van der Waals surface area contributed by atoms with Gasteiger partial charge in [-0.05, 0) is 18.6 Å². The minimum Gasteiger partial charge on any atom is -0.376 e. The van der Waals surface area contributed by atoms with Gasteiger partial charge in [-0.1, -0.05) is 18.5 Å². The number of rotatable bonds is 6. The van der Waals surface area contributed by atoms with Crippen molar-refractivity contribution in [2.24, 2.45) is 0 Å². The Morgan fingerprint density at radius 2 is 2.44 bits per heavy atom. The Labute approximate surface area is 118 Å². The number of morpholine rings is 1. The van der Waals surface area contributed by atoms with E-state index in [0.717, 1.165) is 50.1 Å². The Morgan fingerprint density at radius 1 is 1.56 bits per heavy atom. The maximum Gasteiger partial charge on any atom is 0.0931 e. The topological polar surface area (TPSA) is 24.5 Å². The van der Waals surface area contributed by atoms with Crippen molar-refractivity contribution in [2.75, 3.05) is 32.8 Å². The quantitative estimate of drug-likeness (QED) is 0.815. The first-order valence-corrected chi connectivity index (χ1v) is 7.76. The number of hydrogen-bond acceptors (Lipinski definition) is 4. The van der Waals surface area contributed by atoms with E-state index in [1.54, 1.807) is 11.3 Å². The van der Waals surface area contributed by atoms with Gasteiger partial charge < -0.3 is 10.1 Å². The predicted molar refractivity (Wildman–Crippen MR) is 77.5 cm³/mol. The zero-order valence-electron chi connectivity index (χ0n) is 10.8. The largest absolute Gasteiger partial charge is 0.376 e. The molecule has 0 saturated carbocycles. The van der Waals surface area contributed by atoms with Crippen LogP contribution < -0.4 is 5.32 Å². The second kappa shape index (κ2) is 7.46. The number of nitrogens with one attached hydrogen (secondary N) is 1. The van der Waals surface area contributed by atoms with Crippen molar-refractivity contribution in [1.82, 2.24) is 10.2 Å². The van der Waals surface area contributed by atoms with Crippen LogP contribution >= 0.6 is 22.9 Å². The second-order valence-electron chi connectivity index (χ2n) is 4.58. The highest BCUT2D eigenvalue weighted by molar-refractivity contribution is 7.16. The summed E-state index contributed by atoms with van der Waals surface area (Å²) in [6.07, 6.45) is 1.53. The molecule has 0 amide bonds. The van der Waals surface area contributed by atoms with Crippen molar-refractivity contribution in [3.05, 3.63) is 21.3 Å². The van der Waals surface area contributed by atoms with Gasteiger partial charge in [0.25, 0.3) is 0 Å². The lowest BCUT2D eigenvalue weighted by Crippen LogP contribution is -2.44. The number of thiophene rings is 1. The molecule has 18 heavy (non-hydrogen) atoms. The molecule has 1 atom stereocenters. The Kier molecular flexibility index (Phi) is 5.92. The molecule has 1 aromatic rings. The summed E-state index contributed by atoms with van der Waals surface area (Å²) >= 11 is 7.54. The molecule has 1 unspecified atom stereocenters. The van der Waals surface area contributed by atoms with Crippen LogP contribution in [-0.2, 0) is 11.3 Å². The Morgan fingerprint density at radius 3 is 3.17 bits per heavy atom. The summed E-state index contributed by atoms with van der Waals surface area (Å²) in [6.45, 7) is 8.22. The predicted octanol–water partition coefficient (Wildman–Crippen LogP) is 2.60. The second-order valence-corrected chi connectivity index (χ2v) is 6.38. The Hall–Kier alpha value is -0.130. The van der Waals surface area contributed by atoms with Gasteiger partial charge in [0.1, 0.15) is 0 Å². The molecule has 1 aromatic heterocycles. The van der Waals surface area contributed by atoms with E-state index >= 15 is 0 Å². The average Bonchev–Trinajstić information content (AvgIpc) is 2.81. The first-order chi connectivity index (χ1) is 8.78. The fourth-order valence-corrected chi connectivity index (χ4v) is 3.18. The van der Waals surface area contributed by atoms with Crippen molar-refractivity contribution in [3.63, 3.8) is 0 Å². The zero-order chi connectivity index (χ0) is 12.8. The van der Waals surface area contributed by atoms with Gasteiger partial charge in [0, 0.05) is 37.6 Å². The molecule has 0 radical (unpaired) electrons. The monoisotopic (exact) mass is 288 g/mol. The first kappa shape index (κ1) is 14.3. The fourth-order valence-electron chi connectivity index (χ4n) is 2.13. The number of ether oxygens (including phenoxy) is 1. The molecule has 0 aliphatic carbocycles. The van der Waals surface area contributed by atoms with Gasteiger partial charge in [-0.2, -0.15) is 0 Å². The molecular weight excluding hydrogens is 268 g/mol. The van der Waals surface area contributed by atoms with E-state index < -0.39 is 0 Å². The summed E-state index contributed by atoms with van der Waals surface area (Å²) in [5.41, 5.74) is 0. The van der Waals surface area contributed by atoms with Gasteiger partial charge in [-0.3, -0.25) is 4.90 Å². The highest BCUT2D eigenvalue weighted by atomic mass is 35.5. The third-order valence-corrected chi connectivity index (χ3v) is 4.44. The summed E-state index contributed by atoms with van der Waals surface area (Å²) < 4.78 is 6.53. The molecular formula is C13H21ClN2OS. The maximum absolute atomic E-state index is 5.90. The van der Waals surface area contributed by atoms with Crippen LogP contribution in [-0.4, -0.2) is 43.8 Å². The van der Waals surface area contributed by atoms with Crippen molar-refractivity contribution in [2.45, 2.75) is 26.0 Å². The fraction of sp³-hybridized carbons (Fsp3) is 0.692. The maximum atomic E-state index is 5.90. The first-order valence-electron chi connectivity index (χ1n) is 6.57. The van der Waals surface area contributed by atoms with Crippen LogP contribution in [0.15, 0.2) is 12.1 Å². The van der Waals surface area contributed by atoms with Crippen LogP contribution in [0.3, 0.4) is 0 Å². The molecule has 102 valence electrons. The summed E-state index contributed by atoms with van der Waals surface area (Å²) in [5.74, 6) is 0. The highest BCUT2D eigenvalue weighted by Gasteiger charge is 2.17. The minimum atomic E-state index is 0.426. The number of hydrogen-bond donors (Lipinski definition) is 1. The molecule has 1 fully saturated rings. The van der Waals surface area contributed by atoms with Gasteiger partial charge in [-0.15, -0.1) is 11.3 Å².